The van der Waals surface area contributed by atoms with Crippen molar-refractivity contribution in [2.24, 2.45) is 29.1 Å². The monoisotopic (exact) mass is 624 g/mol. The lowest BCUT2D eigenvalue weighted by Crippen LogP contribution is -2.54. The van der Waals surface area contributed by atoms with Crippen molar-refractivity contribution in [3.8, 4) is 5.75 Å². The molecule has 3 saturated carbocycles. The number of hydrogen-bond donors (Lipinski definition) is 2. The van der Waals surface area contributed by atoms with Gasteiger partial charge in [-0.05, 0) is 130 Å². The highest BCUT2D eigenvalue weighted by molar-refractivity contribution is 7.90. The van der Waals surface area contributed by atoms with Crippen LogP contribution in [0.3, 0.4) is 0 Å². The van der Waals surface area contributed by atoms with Crippen molar-refractivity contribution in [2.45, 2.75) is 81.5 Å². The Labute approximate surface area is 259 Å². The molecule has 2 N–H and O–H groups in total. The Morgan fingerprint density at radius 2 is 1.88 bits per heavy atom. The third-order valence-corrected chi connectivity index (χ3v) is 14.6. The lowest BCUT2D eigenvalue weighted by atomic mass is 9.61. The van der Waals surface area contributed by atoms with Gasteiger partial charge in [0, 0.05) is 34.5 Å². The number of ether oxygens (including phenoxy) is 1. The summed E-state index contributed by atoms with van der Waals surface area (Å²) in [6.45, 7) is 5.74. The summed E-state index contributed by atoms with van der Waals surface area (Å²) in [4.78, 5) is 15.8. The third-order valence-electron chi connectivity index (χ3n) is 12.6. The number of carbonyl (C=O) groups is 1. The molecule has 8 rings (SSSR count). The Morgan fingerprint density at radius 3 is 2.65 bits per heavy atom. The quantitative estimate of drug-likeness (QED) is 0.404. The van der Waals surface area contributed by atoms with E-state index >= 15 is 0 Å². The number of sulfonamides is 1. The van der Waals surface area contributed by atoms with Crippen molar-refractivity contribution in [1.82, 2.24) is 4.72 Å². The number of hydrogen-bond acceptors (Lipinski definition) is 6. The molecule has 2 heterocycles. The van der Waals surface area contributed by atoms with Gasteiger partial charge in [0.2, 0.25) is 10.0 Å². The van der Waals surface area contributed by atoms with Crippen molar-refractivity contribution in [3.05, 3.63) is 58.1 Å². The maximum Gasteiger partial charge on any atom is 0.264 e. The molecule has 2 bridgehead atoms. The van der Waals surface area contributed by atoms with E-state index in [0.29, 0.717) is 42.1 Å². The zero-order chi connectivity index (χ0) is 29.9. The number of nitrogens with zero attached hydrogens (tertiary/aromatic N) is 1. The van der Waals surface area contributed by atoms with Gasteiger partial charge in [0.1, 0.15) is 5.75 Å². The van der Waals surface area contributed by atoms with Crippen LogP contribution in [0.1, 0.15) is 80.3 Å². The SMILES string of the molecule is C[C@@H]1CCC2[C@H]3C[C@@]23[C@](C)(O)[C@@H]2CC[C@H]2CN2C[C@@]3(CCCc4cc(Cl)ccc43)COc3ccc(cc32)C(=O)NS1(=O)=O. The standard InChI is InChI=1S/C34H41ClN2O5S/c1-20-5-9-27-28-16-34(27,28)32(2,39)25-10-6-23(25)17-37-18-33(13-3-4-21-14-24(35)8-11-26(21)33)19-42-30-12-7-22(15-29(30)37)31(38)36-43(20,40)41/h7-8,11-12,14-15,20,23,25,27-28,39H,3-6,9-10,13,16-19H2,1-2H3,(H,36,38)/t20-,23+,25-,27?,28-,32-,33+,34-/m1/s1. The number of aliphatic hydroxyl groups is 1. The molecule has 9 heteroatoms. The summed E-state index contributed by atoms with van der Waals surface area (Å²) in [6.07, 6.45) is 7.37. The number of fused-ring (bicyclic) bond motifs is 5. The molecule has 2 aliphatic heterocycles. The van der Waals surface area contributed by atoms with Crippen LogP contribution in [0.25, 0.3) is 0 Å². The summed E-state index contributed by atoms with van der Waals surface area (Å²) in [5.74, 6) is 1.48. The summed E-state index contributed by atoms with van der Waals surface area (Å²) in [5.41, 5.74) is 2.59. The van der Waals surface area contributed by atoms with Crippen molar-refractivity contribution in [3.63, 3.8) is 0 Å². The molecule has 2 spiro atoms. The van der Waals surface area contributed by atoms with Crippen LogP contribution in [0.5, 0.6) is 5.75 Å². The second-order valence-electron chi connectivity index (χ2n) is 14.7. The molecule has 3 fully saturated rings. The number of carbonyl (C=O) groups excluding carboxylic acids is 1. The zero-order valence-electron chi connectivity index (χ0n) is 24.9. The highest BCUT2D eigenvalue weighted by atomic mass is 35.5. The summed E-state index contributed by atoms with van der Waals surface area (Å²) in [6, 6.07) is 11.5. The van der Waals surface area contributed by atoms with E-state index in [9.17, 15) is 18.3 Å². The predicted molar refractivity (Wildman–Crippen MR) is 166 cm³/mol. The zero-order valence-corrected chi connectivity index (χ0v) is 26.5. The number of benzene rings is 2. The number of rotatable bonds is 0. The average molecular weight is 625 g/mol. The number of halogens is 1. The first-order valence-corrected chi connectivity index (χ1v) is 18.0. The minimum atomic E-state index is -3.85. The molecule has 2 aromatic rings. The molecule has 8 atom stereocenters. The number of amides is 1. The molecule has 1 unspecified atom stereocenters. The normalized spacial score (nSPS) is 40.8. The van der Waals surface area contributed by atoms with Gasteiger partial charge in [-0.2, -0.15) is 0 Å². The molecule has 2 aromatic carbocycles. The fourth-order valence-corrected chi connectivity index (χ4v) is 10.9. The van der Waals surface area contributed by atoms with Crippen molar-refractivity contribution in [2.75, 3.05) is 24.6 Å². The van der Waals surface area contributed by atoms with Gasteiger partial charge in [0.15, 0.2) is 0 Å². The van der Waals surface area contributed by atoms with Gasteiger partial charge in [-0.15, -0.1) is 0 Å². The van der Waals surface area contributed by atoms with Crippen LogP contribution in [-0.4, -0.2) is 50.0 Å². The van der Waals surface area contributed by atoms with Crippen LogP contribution in [0.15, 0.2) is 36.4 Å². The van der Waals surface area contributed by atoms with Crippen LogP contribution in [0, 0.1) is 29.1 Å². The molecule has 1 amide bonds. The van der Waals surface area contributed by atoms with E-state index in [1.807, 2.05) is 12.1 Å². The minimum Gasteiger partial charge on any atom is -0.490 e. The molecule has 0 aromatic heterocycles. The maximum atomic E-state index is 13.4. The van der Waals surface area contributed by atoms with Gasteiger partial charge >= 0.3 is 0 Å². The molecule has 0 radical (unpaired) electrons. The Hall–Kier alpha value is -2.29. The van der Waals surface area contributed by atoms with Gasteiger partial charge in [-0.25, -0.2) is 13.1 Å². The molecule has 6 aliphatic rings. The summed E-state index contributed by atoms with van der Waals surface area (Å²) in [5, 5.41) is 12.2. The Bertz CT molecular complexity index is 1630. The molecule has 0 saturated heterocycles. The van der Waals surface area contributed by atoms with E-state index in [1.165, 1.54) is 11.1 Å². The van der Waals surface area contributed by atoms with E-state index in [0.717, 1.165) is 68.7 Å². The Morgan fingerprint density at radius 1 is 1.07 bits per heavy atom. The molecular weight excluding hydrogens is 584 g/mol. The lowest BCUT2D eigenvalue weighted by molar-refractivity contribution is -0.107. The number of aryl methyl sites for hydroxylation is 1. The first kappa shape index (κ1) is 28.2. The second kappa shape index (κ2) is 9.37. The van der Waals surface area contributed by atoms with Gasteiger partial charge in [0.25, 0.3) is 5.91 Å². The van der Waals surface area contributed by atoms with E-state index in [4.69, 9.17) is 16.3 Å². The lowest BCUT2D eigenvalue weighted by Gasteiger charge is -2.50. The fourth-order valence-electron chi connectivity index (χ4n) is 9.73. The van der Waals surface area contributed by atoms with Crippen molar-refractivity contribution >= 4 is 33.2 Å². The fraction of sp³-hybridized carbons (Fsp3) is 0.618. The van der Waals surface area contributed by atoms with E-state index in [1.54, 1.807) is 19.1 Å². The highest BCUT2D eigenvalue weighted by Gasteiger charge is 2.85. The Balaban J connectivity index is 1.21. The largest absolute Gasteiger partial charge is 0.490 e. The highest BCUT2D eigenvalue weighted by Crippen LogP contribution is 2.87. The molecule has 43 heavy (non-hydrogen) atoms. The second-order valence-corrected chi connectivity index (χ2v) is 17.2. The number of anilines is 1. The summed E-state index contributed by atoms with van der Waals surface area (Å²) < 4.78 is 35.4. The third kappa shape index (κ3) is 4.15. The van der Waals surface area contributed by atoms with E-state index < -0.39 is 26.8 Å². The average Bonchev–Trinajstić information content (AvgIpc) is 3.84. The summed E-state index contributed by atoms with van der Waals surface area (Å²) >= 11 is 6.42. The van der Waals surface area contributed by atoms with Crippen molar-refractivity contribution < 1.29 is 23.1 Å². The van der Waals surface area contributed by atoms with E-state index in [2.05, 4.69) is 28.7 Å². The van der Waals surface area contributed by atoms with Crippen molar-refractivity contribution in [1.29, 1.82) is 0 Å². The maximum absolute atomic E-state index is 13.4. The van der Waals surface area contributed by atoms with Crippen LogP contribution in [0.4, 0.5) is 5.69 Å². The van der Waals surface area contributed by atoms with E-state index in [-0.39, 0.29) is 16.7 Å². The predicted octanol–water partition coefficient (Wildman–Crippen LogP) is 5.47. The first-order valence-electron chi connectivity index (χ1n) is 16.0. The summed E-state index contributed by atoms with van der Waals surface area (Å²) in [7, 11) is -3.85. The molecular formula is C34H41ClN2O5S. The van der Waals surface area contributed by atoms with Gasteiger partial charge < -0.3 is 14.7 Å². The molecule has 7 nitrogen and oxygen atoms in total. The topological polar surface area (TPSA) is 95.9 Å². The van der Waals surface area contributed by atoms with Gasteiger partial charge in [0.05, 0.1) is 23.1 Å². The molecule has 230 valence electrons. The minimum absolute atomic E-state index is 0.0735. The van der Waals surface area contributed by atoms with Crippen LogP contribution in [0.2, 0.25) is 5.02 Å². The van der Waals surface area contributed by atoms with Gasteiger partial charge in [-0.3, -0.25) is 4.79 Å². The first-order chi connectivity index (χ1) is 20.4. The number of nitrogens with one attached hydrogen (secondary N) is 1. The smallest absolute Gasteiger partial charge is 0.264 e. The van der Waals surface area contributed by atoms with Gasteiger partial charge in [-0.1, -0.05) is 17.7 Å². The van der Waals surface area contributed by atoms with Crippen LogP contribution < -0.4 is 14.4 Å². The van der Waals surface area contributed by atoms with Crippen LogP contribution >= 0.6 is 11.6 Å². The van der Waals surface area contributed by atoms with Crippen LogP contribution in [-0.2, 0) is 21.9 Å². The molecule has 4 aliphatic carbocycles. The Kier molecular flexibility index (Phi) is 6.14.